The number of rotatable bonds is 3. The number of amides is 1. The van der Waals surface area contributed by atoms with Gasteiger partial charge in [0.1, 0.15) is 0 Å². The average Bonchev–Trinajstić information content (AvgIpc) is 1.95. The fraction of sp³-hybridized carbons (Fsp3) is 0.727. The van der Waals surface area contributed by atoms with Gasteiger partial charge in [-0.2, -0.15) is 0 Å². The highest BCUT2D eigenvalue weighted by Crippen LogP contribution is 2.20. The lowest BCUT2D eigenvalue weighted by Gasteiger charge is -2.16. The summed E-state index contributed by atoms with van der Waals surface area (Å²) < 4.78 is 0. The number of likely N-dealkylation sites (N-methyl/N-ethyl adjacent to an activating group) is 1. The molecule has 13 heavy (non-hydrogen) atoms. The van der Waals surface area contributed by atoms with Crippen molar-refractivity contribution in [2.24, 2.45) is 5.41 Å². The van der Waals surface area contributed by atoms with Crippen LogP contribution in [0.3, 0.4) is 0 Å². The highest BCUT2D eigenvalue weighted by molar-refractivity contribution is 5.86. The molecule has 0 rings (SSSR count). The van der Waals surface area contributed by atoms with Crippen LogP contribution in [0.1, 0.15) is 33.6 Å². The highest BCUT2D eigenvalue weighted by atomic mass is 16.2. The third-order valence-corrected chi connectivity index (χ3v) is 1.76. The first kappa shape index (κ1) is 12.2. The summed E-state index contributed by atoms with van der Waals surface area (Å²) >= 11 is 0. The quantitative estimate of drug-likeness (QED) is 0.615. The van der Waals surface area contributed by atoms with Gasteiger partial charge in [0.2, 0.25) is 5.91 Å². The van der Waals surface area contributed by atoms with Crippen molar-refractivity contribution in [2.75, 3.05) is 14.1 Å². The molecule has 0 unspecified atom stereocenters. The maximum Gasteiger partial charge on any atom is 0.245 e. The van der Waals surface area contributed by atoms with E-state index in [1.165, 1.54) is 0 Å². The van der Waals surface area contributed by atoms with Gasteiger partial charge in [0.25, 0.3) is 0 Å². The van der Waals surface area contributed by atoms with Crippen LogP contribution in [0.5, 0.6) is 0 Å². The Hall–Kier alpha value is -0.790. The maximum atomic E-state index is 11.1. The van der Waals surface area contributed by atoms with Gasteiger partial charge in [0, 0.05) is 14.1 Å². The van der Waals surface area contributed by atoms with Gasteiger partial charge >= 0.3 is 0 Å². The lowest BCUT2D eigenvalue weighted by molar-refractivity contribution is -0.123. The van der Waals surface area contributed by atoms with Crippen LogP contribution in [0.2, 0.25) is 0 Å². The van der Waals surface area contributed by atoms with Crippen molar-refractivity contribution < 1.29 is 4.79 Å². The van der Waals surface area contributed by atoms with Gasteiger partial charge in [0.15, 0.2) is 0 Å². The molecule has 0 aromatic rings. The predicted molar refractivity (Wildman–Crippen MR) is 56.5 cm³/mol. The SMILES string of the molecule is CN(C)C(=O)/C=C/CCC(C)(C)C. The Labute approximate surface area is 81.6 Å². The first-order chi connectivity index (χ1) is 5.83. The van der Waals surface area contributed by atoms with E-state index in [1.54, 1.807) is 25.1 Å². The van der Waals surface area contributed by atoms with E-state index in [9.17, 15) is 4.79 Å². The predicted octanol–water partition coefficient (Wildman–Crippen LogP) is 2.46. The molecule has 0 aliphatic heterocycles. The number of nitrogens with zero attached hydrogens (tertiary/aromatic N) is 1. The third kappa shape index (κ3) is 7.57. The summed E-state index contributed by atoms with van der Waals surface area (Å²) in [5.74, 6) is 0.0638. The minimum absolute atomic E-state index is 0.0638. The Bertz CT molecular complexity index is 187. The second kappa shape index (κ2) is 5.05. The number of carbonyl (C=O) groups is 1. The minimum atomic E-state index is 0.0638. The van der Waals surface area contributed by atoms with E-state index < -0.39 is 0 Å². The molecule has 0 N–H and O–H groups in total. The zero-order chi connectivity index (χ0) is 10.5. The molecule has 1 amide bonds. The molecule has 0 aliphatic rings. The van der Waals surface area contributed by atoms with Crippen LogP contribution >= 0.6 is 0 Å². The molecule has 76 valence electrons. The van der Waals surface area contributed by atoms with Crippen LogP contribution in [0.15, 0.2) is 12.2 Å². The summed E-state index contributed by atoms with van der Waals surface area (Å²) in [7, 11) is 3.52. The van der Waals surface area contributed by atoms with Crippen LogP contribution in [0, 0.1) is 5.41 Å². The topological polar surface area (TPSA) is 20.3 Å². The molecule has 0 saturated carbocycles. The molecule has 0 atom stereocenters. The van der Waals surface area contributed by atoms with Gasteiger partial charge in [0.05, 0.1) is 0 Å². The second-order valence-corrected chi connectivity index (χ2v) is 4.73. The molecule has 0 aromatic heterocycles. The molecular weight excluding hydrogens is 162 g/mol. The lowest BCUT2D eigenvalue weighted by atomic mass is 9.90. The largest absolute Gasteiger partial charge is 0.345 e. The number of carbonyl (C=O) groups excluding carboxylic acids is 1. The molecule has 2 nitrogen and oxygen atoms in total. The van der Waals surface area contributed by atoms with Crippen molar-refractivity contribution in [3.63, 3.8) is 0 Å². The van der Waals surface area contributed by atoms with Crippen molar-refractivity contribution in [3.8, 4) is 0 Å². The van der Waals surface area contributed by atoms with Crippen LogP contribution < -0.4 is 0 Å². The third-order valence-electron chi connectivity index (χ3n) is 1.76. The van der Waals surface area contributed by atoms with E-state index in [1.807, 2.05) is 6.08 Å². The Morgan fingerprint density at radius 1 is 1.31 bits per heavy atom. The van der Waals surface area contributed by atoms with Gasteiger partial charge in [-0.05, 0) is 24.3 Å². The minimum Gasteiger partial charge on any atom is -0.345 e. The first-order valence-corrected chi connectivity index (χ1v) is 4.71. The lowest BCUT2D eigenvalue weighted by Crippen LogP contribution is -2.18. The standard InChI is InChI=1S/C11H21NO/c1-11(2,3)9-7-6-8-10(13)12(4)5/h6,8H,7,9H2,1-5H3/b8-6+. The summed E-state index contributed by atoms with van der Waals surface area (Å²) in [6, 6.07) is 0. The van der Waals surface area contributed by atoms with Crippen molar-refractivity contribution in [1.82, 2.24) is 4.90 Å². The van der Waals surface area contributed by atoms with Crippen LogP contribution in [-0.2, 0) is 4.79 Å². The Morgan fingerprint density at radius 2 is 1.85 bits per heavy atom. The van der Waals surface area contributed by atoms with E-state index in [0.717, 1.165) is 12.8 Å². The van der Waals surface area contributed by atoms with Gasteiger partial charge in [-0.25, -0.2) is 0 Å². The Balaban J connectivity index is 3.71. The van der Waals surface area contributed by atoms with Crippen molar-refractivity contribution in [3.05, 3.63) is 12.2 Å². The summed E-state index contributed by atoms with van der Waals surface area (Å²) in [6.45, 7) is 6.61. The Morgan fingerprint density at radius 3 is 2.23 bits per heavy atom. The Kier molecular flexibility index (Phi) is 4.74. The summed E-state index contributed by atoms with van der Waals surface area (Å²) in [6.07, 6.45) is 5.69. The monoisotopic (exact) mass is 183 g/mol. The van der Waals surface area contributed by atoms with Crippen LogP contribution in [0.4, 0.5) is 0 Å². The van der Waals surface area contributed by atoms with Crippen molar-refractivity contribution in [1.29, 1.82) is 0 Å². The molecule has 0 fully saturated rings. The zero-order valence-corrected chi connectivity index (χ0v) is 9.42. The highest BCUT2D eigenvalue weighted by Gasteiger charge is 2.07. The zero-order valence-electron chi connectivity index (χ0n) is 9.42. The van der Waals surface area contributed by atoms with Crippen molar-refractivity contribution >= 4 is 5.91 Å². The normalized spacial score (nSPS) is 12.1. The molecule has 2 heteroatoms. The molecule has 0 bridgehead atoms. The maximum absolute atomic E-state index is 11.1. The van der Waals surface area contributed by atoms with E-state index >= 15 is 0 Å². The van der Waals surface area contributed by atoms with Gasteiger partial charge in [-0.15, -0.1) is 0 Å². The number of allylic oxidation sites excluding steroid dienone is 1. The molecule has 0 heterocycles. The van der Waals surface area contributed by atoms with Gasteiger partial charge in [-0.1, -0.05) is 26.8 Å². The van der Waals surface area contributed by atoms with E-state index in [0.29, 0.717) is 5.41 Å². The fourth-order valence-corrected chi connectivity index (χ4v) is 0.850. The number of hydrogen-bond acceptors (Lipinski definition) is 1. The van der Waals surface area contributed by atoms with E-state index in [4.69, 9.17) is 0 Å². The first-order valence-electron chi connectivity index (χ1n) is 4.71. The van der Waals surface area contributed by atoms with E-state index in [-0.39, 0.29) is 5.91 Å². The summed E-state index contributed by atoms with van der Waals surface area (Å²) in [4.78, 5) is 12.7. The fourth-order valence-electron chi connectivity index (χ4n) is 0.850. The van der Waals surface area contributed by atoms with Crippen molar-refractivity contribution in [2.45, 2.75) is 33.6 Å². The summed E-state index contributed by atoms with van der Waals surface area (Å²) in [5.41, 5.74) is 0.353. The van der Waals surface area contributed by atoms with Gasteiger partial charge < -0.3 is 4.90 Å². The second-order valence-electron chi connectivity index (χ2n) is 4.73. The van der Waals surface area contributed by atoms with Gasteiger partial charge in [-0.3, -0.25) is 4.79 Å². The molecule has 0 aliphatic carbocycles. The summed E-state index contributed by atoms with van der Waals surface area (Å²) in [5, 5.41) is 0. The van der Waals surface area contributed by atoms with E-state index in [2.05, 4.69) is 20.8 Å². The molecule has 0 saturated heterocycles. The molecule has 0 spiro atoms. The van der Waals surface area contributed by atoms with Crippen LogP contribution in [0.25, 0.3) is 0 Å². The average molecular weight is 183 g/mol. The van der Waals surface area contributed by atoms with Crippen LogP contribution in [-0.4, -0.2) is 24.9 Å². The molecule has 0 aromatic carbocycles. The molecule has 0 radical (unpaired) electrons. The number of hydrogen-bond donors (Lipinski definition) is 0. The smallest absolute Gasteiger partial charge is 0.245 e. The molecular formula is C11H21NO.